The van der Waals surface area contributed by atoms with E-state index in [-0.39, 0.29) is 0 Å². The number of hydrogen-bond donors (Lipinski definition) is 1. The Morgan fingerprint density at radius 2 is 2.23 bits per heavy atom. The molecule has 0 saturated carbocycles. The van der Waals surface area contributed by atoms with E-state index in [0.717, 1.165) is 15.0 Å². The van der Waals surface area contributed by atoms with E-state index >= 15 is 0 Å². The third kappa shape index (κ3) is 1.31. The summed E-state index contributed by atoms with van der Waals surface area (Å²) < 4.78 is 0.979. The fourth-order valence-corrected chi connectivity index (χ4v) is 2.65. The van der Waals surface area contributed by atoms with Crippen LogP contribution in [0.15, 0.2) is 22.4 Å². The zero-order valence-electron chi connectivity index (χ0n) is 6.41. The average molecular weight is 226 g/mol. The topological polar surface area (TPSA) is 23.8 Å². The molecule has 1 aromatic carbocycles. The molecule has 0 atom stereocenters. The highest BCUT2D eigenvalue weighted by molar-refractivity contribution is 7.81. The molecule has 4 heteroatoms. The maximum Gasteiger partial charge on any atom is 0.101 e. The van der Waals surface area contributed by atoms with Crippen LogP contribution in [0.25, 0.3) is 10.1 Å². The summed E-state index contributed by atoms with van der Waals surface area (Å²) in [6.45, 7) is 0. The molecule has 0 aliphatic rings. The summed E-state index contributed by atoms with van der Waals surface area (Å²) in [7, 11) is 0. The molecular weight excluding hydrogens is 222 g/mol. The molecule has 2 aromatic rings. The van der Waals surface area contributed by atoms with Crippen LogP contribution in [0.2, 0.25) is 5.02 Å². The monoisotopic (exact) mass is 225 g/mol. The molecule has 0 aliphatic carbocycles. The van der Waals surface area contributed by atoms with Gasteiger partial charge in [-0.25, -0.2) is 0 Å². The van der Waals surface area contributed by atoms with Crippen LogP contribution in [0.5, 0.6) is 0 Å². The minimum Gasteiger partial charge on any atom is -0.192 e. The maximum absolute atomic E-state index is 8.78. The van der Waals surface area contributed by atoms with Crippen molar-refractivity contribution in [3.63, 3.8) is 0 Å². The lowest BCUT2D eigenvalue weighted by Crippen LogP contribution is -1.72. The van der Waals surface area contributed by atoms with E-state index in [9.17, 15) is 0 Å². The summed E-state index contributed by atoms with van der Waals surface area (Å²) in [6.07, 6.45) is 0. The second kappa shape index (κ2) is 3.22. The lowest BCUT2D eigenvalue weighted by atomic mass is 10.2. The van der Waals surface area contributed by atoms with E-state index in [4.69, 9.17) is 16.9 Å². The number of fused-ring (bicyclic) bond motifs is 1. The summed E-state index contributed by atoms with van der Waals surface area (Å²) in [6, 6.07) is 5.75. The van der Waals surface area contributed by atoms with Crippen LogP contribution in [0.3, 0.4) is 0 Å². The molecule has 0 amide bonds. The smallest absolute Gasteiger partial charge is 0.101 e. The summed E-state index contributed by atoms with van der Waals surface area (Å²) >= 11 is 11.7. The Morgan fingerprint density at radius 3 is 2.92 bits per heavy atom. The second-order valence-electron chi connectivity index (χ2n) is 2.53. The van der Waals surface area contributed by atoms with Gasteiger partial charge in [-0.1, -0.05) is 17.7 Å². The quantitative estimate of drug-likeness (QED) is 0.679. The number of nitriles is 1. The number of halogens is 1. The van der Waals surface area contributed by atoms with Crippen LogP contribution in [-0.2, 0) is 0 Å². The van der Waals surface area contributed by atoms with Crippen LogP contribution in [0, 0.1) is 11.3 Å². The molecule has 64 valence electrons. The summed E-state index contributed by atoms with van der Waals surface area (Å²) in [5.41, 5.74) is 0.687. The van der Waals surface area contributed by atoms with Crippen LogP contribution in [0.1, 0.15) is 5.56 Å². The lowest BCUT2D eigenvalue weighted by molar-refractivity contribution is 1.51. The van der Waals surface area contributed by atoms with E-state index in [1.165, 1.54) is 11.3 Å². The SMILES string of the molecule is N#Cc1csc2c(S)c(Cl)ccc12. The Hall–Kier alpha value is -0.690. The van der Waals surface area contributed by atoms with Crippen molar-refractivity contribution >= 4 is 45.7 Å². The van der Waals surface area contributed by atoms with Crippen molar-refractivity contribution < 1.29 is 0 Å². The van der Waals surface area contributed by atoms with Gasteiger partial charge in [0.2, 0.25) is 0 Å². The van der Waals surface area contributed by atoms with E-state index < -0.39 is 0 Å². The average Bonchev–Trinajstić information content (AvgIpc) is 2.55. The Balaban J connectivity index is 2.91. The van der Waals surface area contributed by atoms with Gasteiger partial charge in [0.05, 0.1) is 15.3 Å². The van der Waals surface area contributed by atoms with E-state index in [0.29, 0.717) is 10.6 Å². The molecule has 0 N–H and O–H groups in total. The van der Waals surface area contributed by atoms with Crippen molar-refractivity contribution in [2.24, 2.45) is 0 Å². The molecule has 1 nitrogen and oxygen atoms in total. The lowest BCUT2D eigenvalue weighted by Gasteiger charge is -1.97. The molecule has 1 heterocycles. The highest BCUT2D eigenvalue weighted by atomic mass is 35.5. The predicted molar refractivity (Wildman–Crippen MR) is 58.8 cm³/mol. The third-order valence-corrected chi connectivity index (χ3v) is 3.86. The zero-order chi connectivity index (χ0) is 9.42. The van der Waals surface area contributed by atoms with Crippen molar-refractivity contribution in [1.29, 1.82) is 5.26 Å². The van der Waals surface area contributed by atoms with Crippen LogP contribution < -0.4 is 0 Å². The first kappa shape index (κ1) is 8.89. The summed E-state index contributed by atoms with van der Waals surface area (Å²) in [5, 5.41) is 12.2. The fraction of sp³-hybridized carbons (Fsp3) is 0. The van der Waals surface area contributed by atoms with Crippen LogP contribution in [0.4, 0.5) is 0 Å². The normalized spacial score (nSPS) is 10.2. The van der Waals surface area contributed by atoms with E-state index in [1.54, 1.807) is 6.07 Å². The van der Waals surface area contributed by atoms with Gasteiger partial charge in [0.15, 0.2) is 0 Å². The van der Waals surface area contributed by atoms with Gasteiger partial charge in [0.25, 0.3) is 0 Å². The van der Waals surface area contributed by atoms with Gasteiger partial charge in [0, 0.05) is 15.7 Å². The Bertz CT molecular complexity index is 510. The predicted octanol–water partition coefficient (Wildman–Crippen LogP) is 3.72. The number of benzene rings is 1. The van der Waals surface area contributed by atoms with E-state index in [1.807, 2.05) is 11.4 Å². The molecule has 13 heavy (non-hydrogen) atoms. The molecule has 0 spiro atoms. The minimum atomic E-state index is 0.627. The first-order valence-electron chi connectivity index (χ1n) is 3.53. The maximum atomic E-state index is 8.78. The summed E-state index contributed by atoms with van der Waals surface area (Å²) in [4.78, 5) is 0.755. The molecule has 0 radical (unpaired) electrons. The molecule has 0 saturated heterocycles. The van der Waals surface area contributed by atoms with Gasteiger partial charge in [-0.15, -0.1) is 24.0 Å². The Kier molecular flexibility index (Phi) is 2.20. The largest absolute Gasteiger partial charge is 0.192 e. The van der Waals surface area contributed by atoms with Gasteiger partial charge in [-0.2, -0.15) is 5.26 Å². The van der Waals surface area contributed by atoms with Crippen molar-refractivity contribution in [3.05, 3.63) is 28.1 Å². The minimum absolute atomic E-state index is 0.627. The Morgan fingerprint density at radius 1 is 1.46 bits per heavy atom. The highest BCUT2D eigenvalue weighted by Crippen LogP contribution is 2.35. The first-order valence-corrected chi connectivity index (χ1v) is 5.23. The number of nitrogens with zero attached hydrogens (tertiary/aromatic N) is 1. The fourth-order valence-electron chi connectivity index (χ4n) is 1.15. The van der Waals surface area contributed by atoms with Crippen LogP contribution in [-0.4, -0.2) is 0 Å². The van der Waals surface area contributed by atoms with Gasteiger partial charge in [-0.3, -0.25) is 0 Å². The number of rotatable bonds is 0. The molecule has 0 bridgehead atoms. The van der Waals surface area contributed by atoms with E-state index in [2.05, 4.69) is 18.7 Å². The first-order chi connectivity index (χ1) is 6.24. The van der Waals surface area contributed by atoms with Gasteiger partial charge < -0.3 is 0 Å². The molecular formula is C9H4ClNS2. The van der Waals surface area contributed by atoms with Crippen molar-refractivity contribution in [2.75, 3.05) is 0 Å². The van der Waals surface area contributed by atoms with Crippen molar-refractivity contribution in [3.8, 4) is 6.07 Å². The van der Waals surface area contributed by atoms with Crippen LogP contribution >= 0.6 is 35.6 Å². The van der Waals surface area contributed by atoms with Gasteiger partial charge in [-0.05, 0) is 6.07 Å². The molecule has 1 aromatic heterocycles. The Labute approximate surface area is 90.0 Å². The van der Waals surface area contributed by atoms with Crippen molar-refractivity contribution in [1.82, 2.24) is 0 Å². The highest BCUT2D eigenvalue weighted by Gasteiger charge is 2.07. The van der Waals surface area contributed by atoms with Crippen molar-refractivity contribution in [2.45, 2.75) is 4.90 Å². The zero-order valence-corrected chi connectivity index (χ0v) is 8.88. The molecule has 0 unspecified atom stereocenters. The second-order valence-corrected chi connectivity index (χ2v) is 4.27. The van der Waals surface area contributed by atoms with Gasteiger partial charge >= 0.3 is 0 Å². The van der Waals surface area contributed by atoms with Gasteiger partial charge in [0.1, 0.15) is 6.07 Å². The third-order valence-electron chi connectivity index (χ3n) is 1.79. The molecule has 0 aliphatic heterocycles. The molecule has 2 rings (SSSR count). The molecule has 0 fully saturated rings. The standard InChI is InChI=1S/C9H4ClNS2/c10-7-2-1-6-5(3-11)4-13-9(6)8(7)12/h1-2,4,12H. The number of thiol groups is 1. The number of thiophene rings is 1. The number of hydrogen-bond acceptors (Lipinski definition) is 3. The summed E-state index contributed by atoms with van der Waals surface area (Å²) in [5.74, 6) is 0.